The van der Waals surface area contributed by atoms with Crippen molar-refractivity contribution in [2.75, 3.05) is 0 Å². The lowest BCUT2D eigenvalue weighted by molar-refractivity contribution is 0.738. The van der Waals surface area contributed by atoms with Gasteiger partial charge in [0, 0.05) is 0 Å². The van der Waals surface area contributed by atoms with Gasteiger partial charge in [-0.2, -0.15) is 0 Å². The van der Waals surface area contributed by atoms with E-state index in [4.69, 9.17) is 4.98 Å². The van der Waals surface area contributed by atoms with Crippen LogP contribution in [0.15, 0.2) is 182 Å². The van der Waals surface area contributed by atoms with Gasteiger partial charge in [-0.15, -0.1) is 0 Å². The van der Waals surface area contributed by atoms with Crippen LogP contribution in [0, 0.1) is 0 Å². The Bertz CT molecular complexity index is 3100. The number of imidazole rings is 1. The molecule has 0 saturated heterocycles. The molecule has 2 nitrogen and oxygen atoms in total. The number of hydrogen-bond donors (Lipinski definition) is 0. The van der Waals surface area contributed by atoms with E-state index in [1.165, 1.54) is 88.1 Å². The molecule has 0 unspecified atom stereocenters. The highest BCUT2D eigenvalue weighted by molar-refractivity contribution is 6.15. The molecule has 0 saturated carbocycles. The zero-order valence-corrected chi connectivity index (χ0v) is 28.2. The number of para-hydroxylation sites is 2. The molecule has 12 rings (SSSR count). The Morgan fingerprint density at radius 1 is 0.385 bits per heavy atom. The molecule has 0 amide bonds. The quantitative estimate of drug-likeness (QED) is 0.133. The summed E-state index contributed by atoms with van der Waals surface area (Å²) in [5.41, 5.74) is 14.2. The Morgan fingerprint density at radius 2 is 1.06 bits per heavy atom. The molecular weight excluding hydrogens is 629 g/mol. The predicted octanol–water partition coefficient (Wildman–Crippen LogP) is 12.5. The summed E-state index contributed by atoms with van der Waals surface area (Å²) in [6, 6.07) is 67.2. The number of benzene rings is 9. The third-order valence-corrected chi connectivity index (χ3v) is 11.7. The van der Waals surface area contributed by atoms with E-state index >= 15 is 0 Å². The molecule has 9 aromatic carbocycles. The molecule has 0 N–H and O–H groups in total. The minimum absolute atomic E-state index is 0.518. The smallest absolute Gasteiger partial charge is 0.134 e. The number of nitrogens with zero attached hydrogens (tertiary/aromatic N) is 2. The molecular formula is C50H30N2. The van der Waals surface area contributed by atoms with E-state index in [-0.39, 0.29) is 0 Å². The maximum absolute atomic E-state index is 5.43. The van der Waals surface area contributed by atoms with Gasteiger partial charge in [0.15, 0.2) is 0 Å². The fourth-order valence-electron chi connectivity index (χ4n) is 9.52. The molecule has 0 bridgehead atoms. The zero-order valence-electron chi connectivity index (χ0n) is 28.2. The summed E-state index contributed by atoms with van der Waals surface area (Å²) < 4.78 is 2.41. The van der Waals surface area contributed by atoms with E-state index < -0.39 is 5.41 Å². The first-order valence-electron chi connectivity index (χ1n) is 18.0. The first-order valence-corrected chi connectivity index (χ1v) is 18.0. The number of hydrogen-bond acceptors (Lipinski definition) is 1. The van der Waals surface area contributed by atoms with Gasteiger partial charge in [0.05, 0.1) is 16.7 Å². The number of fused-ring (bicyclic) bond motifs is 16. The van der Waals surface area contributed by atoms with Gasteiger partial charge in [-0.25, -0.2) is 4.98 Å². The van der Waals surface area contributed by atoms with Crippen LogP contribution in [0.1, 0.15) is 22.5 Å². The minimum atomic E-state index is -0.518. The standard InChI is InChI=1S/C50H30N2/c1-2-12-33-29-42-36(28-31(33)11-1)23-25-39-37(17-10-18-38(39)42)35-14-9-13-32(27-35)34-24-26-47-45(30-34)50(49-51-46-21-7-8-22-48(46)52(47)49)43-19-5-3-15-40(43)41-16-4-6-20-44(41)50/h1-30H. The molecule has 1 aliphatic carbocycles. The number of aromatic nitrogens is 2. The highest BCUT2D eigenvalue weighted by Crippen LogP contribution is 2.60. The summed E-state index contributed by atoms with van der Waals surface area (Å²) in [5.74, 6) is 1.07. The Balaban J connectivity index is 1.07. The second kappa shape index (κ2) is 10.2. The second-order valence-corrected chi connectivity index (χ2v) is 14.3. The Hall–Kier alpha value is -6.77. The van der Waals surface area contributed by atoms with E-state index in [1.807, 2.05) is 0 Å². The van der Waals surface area contributed by atoms with Gasteiger partial charge in [-0.3, -0.25) is 4.57 Å². The lowest BCUT2D eigenvalue weighted by atomic mass is 9.72. The maximum atomic E-state index is 5.43. The van der Waals surface area contributed by atoms with E-state index in [1.54, 1.807) is 0 Å². The largest absolute Gasteiger partial charge is 0.295 e. The Labute approximate surface area is 300 Å². The van der Waals surface area contributed by atoms with Crippen LogP contribution in [-0.2, 0) is 5.41 Å². The van der Waals surface area contributed by atoms with Gasteiger partial charge in [0.2, 0.25) is 0 Å². The van der Waals surface area contributed by atoms with Crippen molar-refractivity contribution >= 4 is 43.4 Å². The van der Waals surface area contributed by atoms with Crippen LogP contribution in [0.5, 0.6) is 0 Å². The second-order valence-electron chi connectivity index (χ2n) is 14.3. The van der Waals surface area contributed by atoms with Gasteiger partial charge in [0.25, 0.3) is 0 Å². The molecule has 1 aliphatic heterocycles. The van der Waals surface area contributed by atoms with Crippen molar-refractivity contribution in [2.24, 2.45) is 0 Å². The lowest BCUT2D eigenvalue weighted by Gasteiger charge is -2.27. The molecule has 1 spiro atoms. The van der Waals surface area contributed by atoms with Crippen LogP contribution in [0.4, 0.5) is 0 Å². The molecule has 52 heavy (non-hydrogen) atoms. The Kier molecular flexibility index (Phi) is 5.46. The third-order valence-electron chi connectivity index (χ3n) is 11.7. The van der Waals surface area contributed by atoms with E-state index in [0.29, 0.717) is 0 Å². The normalized spacial score (nSPS) is 13.5. The first kappa shape index (κ1) is 28.0. The molecule has 0 fully saturated rings. The van der Waals surface area contributed by atoms with Gasteiger partial charge < -0.3 is 0 Å². The fraction of sp³-hybridized carbons (Fsp3) is 0.0200. The summed E-state index contributed by atoms with van der Waals surface area (Å²) in [6.07, 6.45) is 0. The molecule has 240 valence electrons. The van der Waals surface area contributed by atoms with Crippen LogP contribution in [-0.4, -0.2) is 9.55 Å². The molecule has 2 heteroatoms. The summed E-state index contributed by atoms with van der Waals surface area (Å²) in [5, 5.41) is 7.66. The van der Waals surface area contributed by atoms with Gasteiger partial charge in [0.1, 0.15) is 11.2 Å². The van der Waals surface area contributed by atoms with Crippen molar-refractivity contribution in [2.45, 2.75) is 5.41 Å². The minimum Gasteiger partial charge on any atom is -0.295 e. The van der Waals surface area contributed by atoms with Crippen molar-refractivity contribution in [3.63, 3.8) is 0 Å². The van der Waals surface area contributed by atoms with E-state index in [9.17, 15) is 0 Å². The van der Waals surface area contributed by atoms with Crippen molar-refractivity contribution in [3.8, 4) is 39.1 Å². The van der Waals surface area contributed by atoms with Crippen molar-refractivity contribution in [3.05, 3.63) is 205 Å². The highest BCUT2D eigenvalue weighted by atomic mass is 15.1. The molecule has 0 radical (unpaired) electrons. The highest BCUT2D eigenvalue weighted by Gasteiger charge is 2.54. The molecule has 2 heterocycles. The van der Waals surface area contributed by atoms with Crippen LogP contribution in [0.25, 0.3) is 82.4 Å². The number of rotatable bonds is 2. The summed E-state index contributed by atoms with van der Waals surface area (Å²) in [7, 11) is 0. The van der Waals surface area contributed by atoms with Crippen molar-refractivity contribution in [1.82, 2.24) is 9.55 Å². The van der Waals surface area contributed by atoms with Crippen LogP contribution in [0.3, 0.4) is 0 Å². The SMILES string of the molecule is c1cc(-c2ccc3c(c2)C2(c4ccccc4-c4ccccc42)c2nc4ccccc4n2-3)cc(-c2cccc3c2ccc2cc4ccccc4cc23)c1. The third kappa shape index (κ3) is 3.56. The zero-order chi connectivity index (χ0) is 34.0. The molecule has 10 aromatic rings. The predicted molar refractivity (Wildman–Crippen MR) is 215 cm³/mol. The Morgan fingerprint density at radius 3 is 1.90 bits per heavy atom. The average molecular weight is 659 g/mol. The summed E-state index contributed by atoms with van der Waals surface area (Å²) >= 11 is 0. The maximum Gasteiger partial charge on any atom is 0.134 e. The topological polar surface area (TPSA) is 17.8 Å². The van der Waals surface area contributed by atoms with Gasteiger partial charge in [-0.05, 0) is 125 Å². The summed E-state index contributed by atoms with van der Waals surface area (Å²) in [6.45, 7) is 0. The average Bonchev–Trinajstić information content (AvgIpc) is 3.83. The van der Waals surface area contributed by atoms with Crippen LogP contribution in [0.2, 0.25) is 0 Å². The first-order chi connectivity index (χ1) is 25.8. The van der Waals surface area contributed by atoms with Crippen molar-refractivity contribution in [1.29, 1.82) is 0 Å². The molecule has 0 atom stereocenters. The fourth-order valence-corrected chi connectivity index (χ4v) is 9.52. The summed E-state index contributed by atoms with van der Waals surface area (Å²) in [4.78, 5) is 5.43. The van der Waals surface area contributed by atoms with E-state index in [0.717, 1.165) is 16.9 Å². The van der Waals surface area contributed by atoms with Crippen LogP contribution >= 0.6 is 0 Å². The molecule has 1 aromatic heterocycles. The van der Waals surface area contributed by atoms with E-state index in [2.05, 4.69) is 187 Å². The monoisotopic (exact) mass is 658 g/mol. The van der Waals surface area contributed by atoms with Crippen molar-refractivity contribution < 1.29 is 0 Å². The van der Waals surface area contributed by atoms with Gasteiger partial charge >= 0.3 is 0 Å². The lowest BCUT2D eigenvalue weighted by Crippen LogP contribution is -2.27. The van der Waals surface area contributed by atoms with Crippen LogP contribution < -0.4 is 0 Å². The molecule has 2 aliphatic rings. The van der Waals surface area contributed by atoms with Gasteiger partial charge in [-0.1, -0.05) is 140 Å².